The molecule has 1 radical (unpaired) electrons. The fourth-order valence-corrected chi connectivity index (χ4v) is 7.91. The fourth-order valence-electron chi connectivity index (χ4n) is 7.91. The van der Waals surface area contributed by atoms with E-state index in [0.29, 0.717) is 0 Å². The Balaban J connectivity index is 0.000000226. The monoisotopic (exact) mass is 964 g/mol. The fraction of sp³-hybridized carbons (Fsp3) is 0.0727. The van der Waals surface area contributed by atoms with E-state index in [4.69, 9.17) is 9.97 Å². The average molecular weight is 964 g/mol. The van der Waals surface area contributed by atoms with Crippen molar-refractivity contribution in [1.29, 1.82) is 0 Å². The molecule has 0 aliphatic rings. The van der Waals surface area contributed by atoms with Crippen LogP contribution in [0.1, 0.15) is 22.4 Å². The molecular formula is C55H41IrN5-2. The average Bonchev–Trinajstić information content (AvgIpc) is 3.31. The molecule has 0 aliphatic heterocycles. The van der Waals surface area contributed by atoms with Gasteiger partial charge < -0.3 is 9.97 Å². The van der Waals surface area contributed by atoms with E-state index in [1.165, 1.54) is 27.8 Å². The maximum absolute atomic E-state index is 4.89. The number of benzene rings is 5. The zero-order valence-corrected chi connectivity index (χ0v) is 36.7. The molecule has 10 aromatic rings. The Morgan fingerprint density at radius 2 is 1.11 bits per heavy atom. The Morgan fingerprint density at radius 3 is 1.85 bits per heavy atom. The molecule has 0 N–H and O–H groups in total. The van der Waals surface area contributed by atoms with Crippen LogP contribution in [0.15, 0.2) is 177 Å². The first-order chi connectivity index (χ1) is 29.4. The first-order valence-corrected chi connectivity index (χ1v) is 20.1. The maximum Gasteiger partial charge on any atom is 0.0787 e. The van der Waals surface area contributed by atoms with Crippen molar-refractivity contribution in [2.75, 3.05) is 0 Å². The van der Waals surface area contributed by atoms with Crippen molar-refractivity contribution in [2.24, 2.45) is 0 Å². The van der Waals surface area contributed by atoms with E-state index < -0.39 is 0 Å². The number of rotatable bonds is 6. The van der Waals surface area contributed by atoms with Crippen LogP contribution >= 0.6 is 0 Å². The molecule has 297 valence electrons. The van der Waals surface area contributed by atoms with Gasteiger partial charge in [0.25, 0.3) is 0 Å². The molecule has 0 atom stereocenters. The summed E-state index contributed by atoms with van der Waals surface area (Å²) in [5.41, 5.74) is 19.5. The molecule has 0 saturated carbocycles. The molecule has 0 saturated heterocycles. The summed E-state index contributed by atoms with van der Waals surface area (Å²) in [6.07, 6.45) is 9.33. The minimum absolute atomic E-state index is 0. The molecule has 0 unspecified atom stereocenters. The van der Waals surface area contributed by atoms with Crippen LogP contribution in [0.3, 0.4) is 0 Å². The van der Waals surface area contributed by atoms with Gasteiger partial charge in [-0.1, -0.05) is 90.3 Å². The first-order valence-electron chi connectivity index (χ1n) is 20.1. The van der Waals surface area contributed by atoms with Crippen molar-refractivity contribution >= 4 is 21.8 Å². The molecule has 0 bridgehead atoms. The van der Waals surface area contributed by atoms with Gasteiger partial charge in [0.15, 0.2) is 0 Å². The van der Waals surface area contributed by atoms with Crippen molar-refractivity contribution in [1.82, 2.24) is 24.9 Å². The van der Waals surface area contributed by atoms with Crippen molar-refractivity contribution < 1.29 is 20.1 Å². The van der Waals surface area contributed by atoms with E-state index in [9.17, 15) is 0 Å². The molecule has 0 fully saturated rings. The van der Waals surface area contributed by atoms with Gasteiger partial charge in [-0.15, -0.1) is 59.2 Å². The van der Waals surface area contributed by atoms with E-state index in [-0.39, 0.29) is 20.1 Å². The van der Waals surface area contributed by atoms with Gasteiger partial charge in [-0.05, 0) is 114 Å². The predicted octanol–water partition coefficient (Wildman–Crippen LogP) is 13.5. The van der Waals surface area contributed by atoms with Crippen LogP contribution in [-0.2, 0) is 20.1 Å². The molecule has 5 heterocycles. The Labute approximate surface area is 370 Å². The Bertz CT molecular complexity index is 3070. The van der Waals surface area contributed by atoms with Gasteiger partial charge in [-0.25, -0.2) is 0 Å². The Hall–Kier alpha value is -6.98. The number of hydrogen-bond donors (Lipinski definition) is 0. The third-order valence-electron chi connectivity index (χ3n) is 11.0. The Morgan fingerprint density at radius 1 is 0.443 bits per heavy atom. The van der Waals surface area contributed by atoms with Crippen LogP contribution < -0.4 is 0 Å². The largest absolute Gasteiger partial charge is 0.305 e. The summed E-state index contributed by atoms with van der Waals surface area (Å²) in [5, 5.41) is 2.20. The second-order valence-electron chi connectivity index (χ2n) is 14.9. The summed E-state index contributed by atoms with van der Waals surface area (Å²) in [6.45, 7) is 8.55. The van der Waals surface area contributed by atoms with Crippen LogP contribution in [0.5, 0.6) is 0 Å². The zero-order chi connectivity index (χ0) is 41.0. The van der Waals surface area contributed by atoms with E-state index in [1.807, 2.05) is 117 Å². The van der Waals surface area contributed by atoms with Gasteiger partial charge >= 0.3 is 0 Å². The maximum atomic E-state index is 4.89. The summed E-state index contributed by atoms with van der Waals surface area (Å²) in [6, 6.07) is 56.5. The number of fused-ring (bicyclic) bond motifs is 3. The first kappa shape index (κ1) is 40.8. The van der Waals surface area contributed by atoms with Crippen molar-refractivity contribution in [3.8, 4) is 67.0 Å². The Kier molecular flexibility index (Phi) is 12.1. The number of nitrogens with zero attached hydrogens (tertiary/aromatic N) is 5. The number of pyridine rings is 5. The van der Waals surface area contributed by atoms with Crippen LogP contribution in [0, 0.1) is 39.8 Å². The van der Waals surface area contributed by atoms with Crippen LogP contribution in [-0.4, -0.2) is 24.9 Å². The van der Waals surface area contributed by atoms with E-state index in [2.05, 4.69) is 115 Å². The zero-order valence-electron chi connectivity index (χ0n) is 34.3. The predicted molar refractivity (Wildman–Crippen MR) is 246 cm³/mol. The summed E-state index contributed by atoms with van der Waals surface area (Å²) < 4.78 is 0. The van der Waals surface area contributed by atoms with Gasteiger partial charge in [-0.3, -0.25) is 15.0 Å². The second kappa shape index (κ2) is 18.1. The summed E-state index contributed by atoms with van der Waals surface area (Å²) >= 11 is 0. The van der Waals surface area contributed by atoms with E-state index >= 15 is 0 Å². The van der Waals surface area contributed by atoms with E-state index in [1.54, 1.807) is 0 Å². The molecule has 5 aromatic carbocycles. The van der Waals surface area contributed by atoms with Gasteiger partial charge in [0.2, 0.25) is 0 Å². The third kappa shape index (κ3) is 8.42. The van der Waals surface area contributed by atoms with Crippen LogP contribution in [0.2, 0.25) is 0 Å². The van der Waals surface area contributed by atoms with E-state index in [0.717, 1.165) is 83.4 Å². The van der Waals surface area contributed by atoms with Gasteiger partial charge in [-0.2, -0.15) is 0 Å². The molecular weight excluding hydrogens is 923 g/mol. The number of aryl methyl sites for hydroxylation is 3. The van der Waals surface area contributed by atoms with Crippen molar-refractivity contribution in [3.05, 3.63) is 211 Å². The SMILES string of the molecule is Cc1cc(-c2cc(-c3cc4ncccc4c4cccnc34)cc(-c3cc(-c4ccccn4)[c-]cc3C)c2C)c(C)cn1.[Ir].[c-]1cccc(-c2ccccc2)c1-c1ccccn1. The summed E-state index contributed by atoms with van der Waals surface area (Å²) in [5.74, 6) is 0. The summed E-state index contributed by atoms with van der Waals surface area (Å²) in [7, 11) is 0. The molecule has 0 amide bonds. The normalized spacial score (nSPS) is 10.8. The summed E-state index contributed by atoms with van der Waals surface area (Å²) in [4.78, 5) is 23.2. The third-order valence-corrected chi connectivity index (χ3v) is 11.0. The van der Waals surface area contributed by atoms with Gasteiger partial charge in [0.1, 0.15) is 0 Å². The molecule has 61 heavy (non-hydrogen) atoms. The molecule has 0 aliphatic carbocycles. The molecule has 5 nitrogen and oxygen atoms in total. The molecule has 5 aromatic heterocycles. The van der Waals surface area contributed by atoms with Crippen LogP contribution in [0.4, 0.5) is 0 Å². The van der Waals surface area contributed by atoms with Crippen LogP contribution in [0.25, 0.3) is 88.8 Å². The van der Waals surface area contributed by atoms with Crippen molar-refractivity contribution in [3.63, 3.8) is 0 Å². The minimum atomic E-state index is 0. The standard InChI is InChI=1S/C38H29N4.C17H12N.Ir/c1-23-12-13-27(36-11-5-6-14-39-36)18-32(23)34-20-28(19-33(26(34)4)31-17-25(3)42-22-24(31)2)35-21-37-29(9-7-15-40-37)30-10-8-16-41-38(30)35;1-2-8-14(9-3-1)15-10-4-5-11-16(15)17-12-6-7-13-18-17;/h5-12,14-22H,1-4H3;1-10,12-13H;/q2*-1;. The number of hydrogen-bond acceptors (Lipinski definition) is 5. The number of aromatic nitrogens is 5. The van der Waals surface area contributed by atoms with Gasteiger partial charge in [0.05, 0.1) is 11.0 Å². The minimum Gasteiger partial charge on any atom is -0.305 e. The molecule has 0 spiro atoms. The topological polar surface area (TPSA) is 64.5 Å². The van der Waals surface area contributed by atoms with Gasteiger partial charge in [0, 0.05) is 73.1 Å². The smallest absolute Gasteiger partial charge is 0.0787 e. The quantitative estimate of drug-likeness (QED) is 0.123. The second-order valence-corrected chi connectivity index (χ2v) is 14.9. The molecule has 6 heteroatoms. The molecule has 10 rings (SSSR count). The van der Waals surface area contributed by atoms with Crippen molar-refractivity contribution in [2.45, 2.75) is 27.7 Å².